The van der Waals surface area contributed by atoms with Gasteiger partial charge in [0.25, 0.3) is 0 Å². The minimum Gasteiger partial charge on any atom is -0.506 e. The Morgan fingerprint density at radius 3 is 2.63 bits per heavy atom. The number of aromatic hydroxyl groups is 1. The van der Waals surface area contributed by atoms with Gasteiger partial charge in [-0.05, 0) is 42.2 Å². The Bertz CT molecular complexity index is 1190. The van der Waals surface area contributed by atoms with Crippen molar-refractivity contribution >= 4 is 28.1 Å². The Hall–Kier alpha value is -2.71. The van der Waals surface area contributed by atoms with E-state index in [4.69, 9.17) is 16.0 Å². The van der Waals surface area contributed by atoms with Crippen molar-refractivity contribution in [3.63, 3.8) is 0 Å². The molecule has 3 atom stereocenters. The molecule has 1 aromatic heterocycles. The van der Waals surface area contributed by atoms with E-state index in [2.05, 4.69) is 5.32 Å². The molecule has 4 rings (SSSR count). The average molecular weight is 440 g/mol. The summed E-state index contributed by atoms with van der Waals surface area (Å²) in [5.41, 5.74) is -3.22. The van der Waals surface area contributed by atoms with Gasteiger partial charge in [-0.2, -0.15) is 13.2 Å². The number of alkyl halides is 3. The summed E-state index contributed by atoms with van der Waals surface area (Å²) >= 11 is 5.98. The van der Waals surface area contributed by atoms with Crippen molar-refractivity contribution < 1.29 is 27.8 Å². The van der Waals surface area contributed by atoms with Gasteiger partial charge < -0.3 is 19.9 Å². The summed E-state index contributed by atoms with van der Waals surface area (Å²) in [4.78, 5) is 12.0. The van der Waals surface area contributed by atoms with Crippen LogP contribution in [0, 0.1) is 0 Å². The smallest absolute Gasteiger partial charge is 0.419 e. The van der Waals surface area contributed by atoms with Gasteiger partial charge in [-0.1, -0.05) is 30.7 Å². The molecule has 3 N–H and O–H groups in total. The fraction of sp³-hybridized carbons (Fsp3) is 0.286. The summed E-state index contributed by atoms with van der Waals surface area (Å²) in [6, 6.07) is 6.95. The van der Waals surface area contributed by atoms with E-state index in [-0.39, 0.29) is 33.0 Å². The number of anilines is 1. The van der Waals surface area contributed by atoms with Crippen molar-refractivity contribution in [2.45, 2.75) is 37.1 Å². The van der Waals surface area contributed by atoms with E-state index in [9.17, 15) is 28.2 Å². The summed E-state index contributed by atoms with van der Waals surface area (Å²) in [5, 5.41) is 24.6. The molecule has 1 heterocycles. The zero-order valence-corrected chi connectivity index (χ0v) is 16.4. The van der Waals surface area contributed by atoms with Gasteiger partial charge >= 0.3 is 11.8 Å². The predicted octanol–water partition coefficient (Wildman–Crippen LogP) is 5.11. The zero-order valence-electron chi connectivity index (χ0n) is 15.6. The molecule has 2 aromatic carbocycles. The molecule has 0 radical (unpaired) electrons. The van der Waals surface area contributed by atoms with Crippen molar-refractivity contribution in [2.75, 3.05) is 5.32 Å². The number of rotatable bonds is 2. The highest BCUT2D eigenvalue weighted by molar-refractivity contribution is 6.32. The lowest BCUT2D eigenvalue weighted by Crippen LogP contribution is -2.55. The lowest BCUT2D eigenvalue weighted by molar-refractivity contribution is -0.272. The van der Waals surface area contributed by atoms with Crippen LogP contribution >= 0.6 is 11.6 Å². The average Bonchev–Trinajstić information content (AvgIpc) is 2.67. The normalized spacial score (nSPS) is 23.9. The molecule has 0 spiro atoms. The van der Waals surface area contributed by atoms with E-state index in [1.807, 2.05) is 0 Å². The van der Waals surface area contributed by atoms with Crippen LogP contribution in [0.2, 0.25) is 5.02 Å². The molecule has 2 unspecified atom stereocenters. The van der Waals surface area contributed by atoms with E-state index < -0.39 is 35.8 Å². The van der Waals surface area contributed by atoms with Crippen LogP contribution in [0.1, 0.15) is 36.4 Å². The van der Waals surface area contributed by atoms with E-state index in [1.54, 1.807) is 0 Å². The Morgan fingerprint density at radius 2 is 1.93 bits per heavy atom. The molecule has 0 saturated heterocycles. The lowest BCUT2D eigenvalue weighted by Gasteiger charge is -2.45. The molecule has 1 aliphatic rings. The number of aliphatic hydroxyl groups is 1. The first-order chi connectivity index (χ1) is 14.0. The summed E-state index contributed by atoms with van der Waals surface area (Å²) in [5.74, 6) is -1.11. The third kappa shape index (κ3) is 3.02. The van der Waals surface area contributed by atoms with Gasteiger partial charge in [0.1, 0.15) is 5.75 Å². The molecule has 1 aliphatic carbocycles. The van der Waals surface area contributed by atoms with Crippen LogP contribution in [0.3, 0.4) is 0 Å². The fourth-order valence-electron chi connectivity index (χ4n) is 4.22. The van der Waals surface area contributed by atoms with Gasteiger partial charge in [0.15, 0.2) is 5.60 Å². The topological polar surface area (TPSA) is 82.7 Å². The zero-order chi connectivity index (χ0) is 21.8. The van der Waals surface area contributed by atoms with Gasteiger partial charge in [-0.15, -0.1) is 0 Å². The van der Waals surface area contributed by atoms with Crippen molar-refractivity contribution in [1.29, 1.82) is 0 Å². The highest BCUT2D eigenvalue weighted by Gasteiger charge is 2.62. The van der Waals surface area contributed by atoms with Crippen molar-refractivity contribution in [3.05, 3.63) is 69.2 Å². The number of phenolic OH excluding ortho intramolecular Hbond substituents is 1. The molecular formula is C21H17ClF3NO4. The van der Waals surface area contributed by atoms with Crippen LogP contribution in [-0.4, -0.2) is 22.0 Å². The van der Waals surface area contributed by atoms with E-state index in [1.165, 1.54) is 43.3 Å². The maximum Gasteiger partial charge on any atom is 0.419 e. The van der Waals surface area contributed by atoms with Crippen LogP contribution in [0.4, 0.5) is 18.9 Å². The monoisotopic (exact) mass is 439 g/mol. The molecule has 0 aliphatic heterocycles. The molecule has 0 saturated carbocycles. The van der Waals surface area contributed by atoms with Crippen LogP contribution in [0.15, 0.2) is 51.9 Å². The molecule has 0 fully saturated rings. The SMILES string of the molecule is CC1C[C@](O)(C(F)(F)F)C(Nc2cccc3c(=O)occc23)c2ccc(Cl)c(O)c21. The second kappa shape index (κ2) is 6.92. The first-order valence-corrected chi connectivity index (χ1v) is 9.50. The fourth-order valence-corrected chi connectivity index (χ4v) is 4.38. The predicted molar refractivity (Wildman–Crippen MR) is 106 cm³/mol. The third-order valence-corrected chi connectivity index (χ3v) is 5.93. The highest BCUT2D eigenvalue weighted by atomic mass is 35.5. The Balaban J connectivity index is 1.94. The van der Waals surface area contributed by atoms with E-state index in [0.29, 0.717) is 5.39 Å². The lowest BCUT2D eigenvalue weighted by atomic mass is 9.70. The largest absolute Gasteiger partial charge is 0.506 e. The number of phenols is 1. The quantitative estimate of drug-likeness (QED) is 0.517. The van der Waals surface area contributed by atoms with Crippen molar-refractivity contribution in [3.8, 4) is 5.75 Å². The van der Waals surface area contributed by atoms with E-state index >= 15 is 0 Å². The molecule has 0 bridgehead atoms. The molecule has 0 amide bonds. The molecule has 30 heavy (non-hydrogen) atoms. The molecule has 9 heteroatoms. The summed E-state index contributed by atoms with van der Waals surface area (Å²) in [7, 11) is 0. The van der Waals surface area contributed by atoms with Gasteiger partial charge in [0.05, 0.1) is 22.7 Å². The second-order valence-corrected chi connectivity index (χ2v) is 7.89. The number of hydrogen-bond donors (Lipinski definition) is 3. The first kappa shape index (κ1) is 20.6. The second-order valence-electron chi connectivity index (χ2n) is 7.48. The van der Waals surface area contributed by atoms with Gasteiger partial charge in [0.2, 0.25) is 0 Å². The molecule has 158 valence electrons. The summed E-state index contributed by atoms with van der Waals surface area (Å²) in [6.07, 6.45) is -4.49. The van der Waals surface area contributed by atoms with Crippen molar-refractivity contribution in [1.82, 2.24) is 0 Å². The van der Waals surface area contributed by atoms with Crippen LogP contribution < -0.4 is 10.9 Å². The van der Waals surface area contributed by atoms with Gasteiger partial charge in [0, 0.05) is 16.6 Å². The Kier molecular flexibility index (Phi) is 4.74. The maximum absolute atomic E-state index is 14.1. The Morgan fingerprint density at radius 1 is 1.20 bits per heavy atom. The van der Waals surface area contributed by atoms with E-state index in [0.717, 1.165) is 6.26 Å². The minimum atomic E-state index is -4.96. The third-order valence-electron chi connectivity index (χ3n) is 5.63. The van der Waals surface area contributed by atoms with Crippen LogP contribution in [0.5, 0.6) is 5.75 Å². The molecule has 5 nitrogen and oxygen atoms in total. The minimum absolute atomic E-state index is 0.0135. The number of benzene rings is 2. The van der Waals surface area contributed by atoms with Crippen LogP contribution in [0.25, 0.3) is 10.8 Å². The first-order valence-electron chi connectivity index (χ1n) is 9.12. The van der Waals surface area contributed by atoms with Crippen molar-refractivity contribution in [2.24, 2.45) is 0 Å². The number of halogens is 4. The van der Waals surface area contributed by atoms with Crippen LogP contribution in [-0.2, 0) is 0 Å². The maximum atomic E-state index is 14.1. The highest BCUT2D eigenvalue weighted by Crippen LogP contribution is 2.55. The Labute approximate surface area is 173 Å². The standard InChI is InChI=1S/C21H17ClF3NO4/c1-10-9-20(29,21(23,24)25)18(13-5-6-14(22)17(27)16(10)13)26-15-4-2-3-12-11(15)7-8-30-19(12)28/h2-8,10,18,26-27,29H,9H2,1H3/t10?,18?,20-/m1/s1. The molecule has 3 aromatic rings. The number of fused-ring (bicyclic) bond motifs is 2. The van der Waals surface area contributed by atoms with Gasteiger partial charge in [-0.3, -0.25) is 0 Å². The molecular weight excluding hydrogens is 423 g/mol. The number of nitrogens with one attached hydrogen (secondary N) is 1. The summed E-state index contributed by atoms with van der Waals surface area (Å²) in [6.45, 7) is 1.49. The summed E-state index contributed by atoms with van der Waals surface area (Å²) < 4.78 is 47.0. The van der Waals surface area contributed by atoms with Gasteiger partial charge in [-0.25, -0.2) is 4.79 Å². The number of hydrogen-bond acceptors (Lipinski definition) is 5.